The highest BCUT2D eigenvalue weighted by atomic mass is 19.1. The van der Waals surface area contributed by atoms with Crippen LogP contribution in [0.5, 0.6) is 11.5 Å². The molecule has 0 radical (unpaired) electrons. The molecule has 164 valence electrons. The Morgan fingerprint density at radius 2 is 1.77 bits per heavy atom. The van der Waals surface area contributed by atoms with Crippen LogP contribution in [0.3, 0.4) is 0 Å². The number of hydrogen-bond acceptors (Lipinski definition) is 4. The van der Waals surface area contributed by atoms with Crippen LogP contribution in [0.4, 0.5) is 8.78 Å². The lowest BCUT2D eigenvalue weighted by atomic mass is 10.0. The van der Waals surface area contributed by atoms with Crippen molar-refractivity contribution in [3.8, 4) is 11.5 Å². The normalized spacial score (nSPS) is 13.7. The lowest BCUT2D eigenvalue weighted by molar-refractivity contribution is 0.282. The molecule has 0 fully saturated rings. The number of ether oxygens (including phenoxy) is 2. The van der Waals surface area contributed by atoms with Crippen molar-refractivity contribution >= 4 is 5.96 Å². The molecule has 2 aromatic carbocycles. The fourth-order valence-electron chi connectivity index (χ4n) is 3.22. The summed E-state index contributed by atoms with van der Waals surface area (Å²) in [5.41, 5.74) is 0.914. The third kappa shape index (κ3) is 5.60. The summed E-state index contributed by atoms with van der Waals surface area (Å²) < 4.78 is 39.3. The van der Waals surface area contributed by atoms with Gasteiger partial charge < -0.3 is 25.0 Å². The van der Waals surface area contributed by atoms with Crippen LogP contribution in [0, 0.1) is 11.6 Å². The maximum absolute atomic E-state index is 14.3. The quantitative estimate of drug-likeness (QED) is 0.506. The fraction of sp³-hybridized carbons (Fsp3) is 0.409. The lowest BCUT2D eigenvalue weighted by Gasteiger charge is -2.27. The largest absolute Gasteiger partial charge is 0.497 e. The summed E-state index contributed by atoms with van der Waals surface area (Å²) in [6.07, 6.45) is 0. The Kier molecular flexibility index (Phi) is 8.41. The average molecular weight is 421 g/mol. The van der Waals surface area contributed by atoms with Crippen LogP contribution in [-0.4, -0.2) is 52.8 Å². The van der Waals surface area contributed by atoms with Crippen molar-refractivity contribution in [3.05, 3.63) is 59.2 Å². The highest BCUT2D eigenvalue weighted by molar-refractivity contribution is 5.80. The van der Waals surface area contributed by atoms with E-state index in [9.17, 15) is 8.78 Å². The van der Waals surface area contributed by atoms with Gasteiger partial charge in [-0.25, -0.2) is 8.78 Å². The van der Waals surface area contributed by atoms with Crippen LogP contribution in [0.1, 0.15) is 30.1 Å². The van der Waals surface area contributed by atoms with E-state index in [-0.39, 0.29) is 18.2 Å². The van der Waals surface area contributed by atoms with E-state index in [2.05, 4.69) is 15.6 Å². The first-order valence-corrected chi connectivity index (χ1v) is 9.61. The zero-order chi connectivity index (χ0) is 22.3. The molecular formula is C22H30F2N4O2. The van der Waals surface area contributed by atoms with Crippen molar-refractivity contribution in [2.24, 2.45) is 4.99 Å². The van der Waals surface area contributed by atoms with E-state index in [0.717, 1.165) is 5.56 Å². The first kappa shape index (κ1) is 23.4. The Balaban J connectivity index is 2.15. The third-order valence-electron chi connectivity index (χ3n) is 4.90. The molecule has 2 N–H and O–H groups in total. The monoisotopic (exact) mass is 420 g/mol. The van der Waals surface area contributed by atoms with Crippen molar-refractivity contribution < 1.29 is 18.3 Å². The summed E-state index contributed by atoms with van der Waals surface area (Å²) in [7, 11) is 8.40. The Morgan fingerprint density at radius 3 is 2.30 bits per heavy atom. The molecule has 0 amide bonds. The first-order valence-electron chi connectivity index (χ1n) is 9.61. The van der Waals surface area contributed by atoms with Gasteiger partial charge in [0.1, 0.15) is 23.1 Å². The molecule has 0 aliphatic heterocycles. The van der Waals surface area contributed by atoms with E-state index < -0.39 is 17.7 Å². The lowest BCUT2D eigenvalue weighted by Crippen LogP contribution is -2.43. The minimum atomic E-state index is -0.576. The maximum atomic E-state index is 14.3. The Morgan fingerprint density at radius 1 is 1.10 bits per heavy atom. The molecule has 0 bridgehead atoms. The summed E-state index contributed by atoms with van der Waals surface area (Å²) >= 11 is 0. The SMILES string of the molecule is CN=C(NCC(c1c(F)cccc1F)N(C)C)NC(C)c1cc(OC)ccc1OC. The van der Waals surface area contributed by atoms with E-state index in [1.54, 1.807) is 40.3 Å². The van der Waals surface area contributed by atoms with Gasteiger partial charge in [0.05, 0.1) is 26.3 Å². The van der Waals surface area contributed by atoms with E-state index >= 15 is 0 Å². The van der Waals surface area contributed by atoms with Crippen molar-refractivity contribution in [1.82, 2.24) is 15.5 Å². The fourth-order valence-corrected chi connectivity index (χ4v) is 3.22. The molecule has 2 atom stereocenters. The number of benzene rings is 2. The molecular weight excluding hydrogens is 390 g/mol. The number of likely N-dealkylation sites (N-methyl/N-ethyl adjacent to an activating group) is 1. The molecule has 6 nitrogen and oxygen atoms in total. The first-order chi connectivity index (χ1) is 14.3. The third-order valence-corrected chi connectivity index (χ3v) is 4.90. The Labute approximate surface area is 176 Å². The maximum Gasteiger partial charge on any atom is 0.191 e. The molecule has 8 heteroatoms. The second-order valence-electron chi connectivity index (χ2n) is 7.04. The minimum absolute atomic E-state index is 0.0213. The highest BCUT2D eigenvalue weighted by Crippen LogP contribution is 2.29. The van der Waals surface area contributed by atoms with E-state index in [1.807, 2.05) is 25.1 Å². The van der Waals surface area contributed by atoms with E-state index in [0.29, 0.717) is 17.5 Å². The molecule has 0 aliphatic rings. The molecule has 0 aromatic heterocycles. The number of nitrogens with zero attached hydrogens (tertiary/aromatic N) is 2. The summed E-state index contributed by atoms with van der Waals surface area (Å²) in [4.78, 5) is 6.00. The number of rotatable bonds is 8. The van der Waals surface area contributed by atoms with Gasteiger partial charge in [0.25, 0.3) is 0 Å². The molecule has 2 rings (SSSR count). The second-order valence-corrected chi connectivity index (χ2v) is 7.04. The van der Waals surface area contributed by atoms with Crippen molar-refractivity contribution in [3.63, 3.8) is 0 Å². The van der Waals surface area contributed by atoms with Gasteiger partial charge in [-0.05, 0) is 51.4 Å². The summed E-state index contributed by atoms with van der Waals surface area (Å²) in [6.45, 7) is 2.22. The predicted octanol–water partition coefficient (Wildman–Crippen LogP) is 3.51. The van der Waals surface area contributed by atoms with Crippen LogP contribution in [-0.2, 0) is 0 Å². The van der Waals surface area contributed by atoms with Gasteiger partial charge in [-0.3, -0.25) is 4.99 Å². The topological polar surface area (TPSA) is 58.1 Å². The van der Waals surface area contributed by atoms with Gasteiger partial charge in [0.15, 0.2) is 5.96 Å². The zero-order valence-corrected chi connectivity index (χ0v) is 18.3. The zero-order valence-electron chi connectivity index (χ0n) is 18.3. The van der Waals surface area contributed by atoms with Crippen molar-refractivity contribution in [2.45, 2.75) is 19.0 Å². The molecule has 0 aliphatic carbocycles. The molecule has 0 heterocycles. The van der Waals surface area contributed by atoms with E-state index in [1.165, 1.54) is 18.2 Å². The molecule has 0 saturated carbocycles. The van der Waals surface area contributed by atoms with Crippen LogP contribution in [0.15, 0.2) is 41.4 Å². The molecule has 2 aromatic rings. The number of halogens is 2. The van der Waals surface area contributed by atoms with Crippen molar-refractivity contribution in [1.29, 1.82) is 0 Å². The van der Waals surface area contributed by atoms with Gasteiger partial charge in [0, 0.05) is 24.7 Å². The number of hydrogen-bond donors (Lipinski definition) is 2. The Bertz CT molecular complexity index is 854. The molecule has 30 heavy (non-hydrogen) atoms. The van der Waals surface area contributed by atoms with Gasteiger partial charge in [-0.2, -0.15) is 0 Å². The van der Waals surface area contributed by atoms with Gasteiger partial charge in [-0.15, -0.1) is 0 Å². The van der Waals surface area contributed by atoms with E-state index in [4.69, 9.17) is 9.47 Å². The second kappa shape index (κ2) is 10.8. The van der Waals surface area contributed by atoms with Crippen LogP contribution in [0.2, 0.25) is 0 Å². The predicted molar refractivity (Wildman–Crippen MR) is 115 cm³/mol. The summed E-state index contributed by atoms with van der Waals surface area (Å²) in [5.74, 6) is 0.771. The molecule has 2 unspecified atom stereocenters. The number of guanidine groups is 1. The summed E-state index contributed by atoms with van der Waals surface area (Å²) in [6, 6.07) is 8.76. The van der Waals surface area contributed by atoms with Gasteiger partial charge in [-0.1, -0.05) is 6.07 Å². The number of nitrogens with one attached hydrogen (secondary N) is 2. The standard InChI is InChI=1S/C22H30F2N4O2/c1-14(16-12-15(29-5)10-11-20(16)30-6)27-22(25-2)26-13-19(28(3)4)21-17(23)8-7-9-18(21)24/h7-12,14,19H,13H2,1-6H3,(H2,25,26,27). The average Bonchev–Trinajstić information content (AvgIpc) is 2.73. The van der Waals surface area contributed by atoms with Gasteiger partial charge in [0.2, 0.25) is 0 Å². The van der Waals surface area contributed by atoms with Gasteiger partial charge >= 0.3 is 0 Å². The van der Waals surface area contributed by atoms with Crippen LogP contribution < -0.4 is 20.1 Å². The smallest absolute Gasteiger partial charge is 0.191 e. The number of methoxy groups -OCH3 is 2. The number of aliphatic imine (C=N–C) groups is 1. The van der Waals surface area contributed by atoms with Crippen molar-refractivity contribution in [2.75, 3.05) is 41.9 Å². The molecule has 0 spiro atoms. The van der Waals surface area contributed by atoms with Crippen LogP contribution >= 0.6 is 0 Å². The molecule has 0 saturated heterocycles. The Hall–Kier alpha value is -2.87. The minimum Gasteiger partial charge on any atom is -0.497 e. The summed E-state index contributed by atoms with van der Waals surface area (Å²) in [5, 5.41) is 6.44. The highest BCUT2D eigenvalue weighted by Gasteiger charge is 2.23. The van der Waals surface area contributed by atoms with Crippen LogP contribution in [0.25, 0.3) is 0 Å².